The van der Waals surface area contributed by atoms with Crippen LogP contribution in [-0.2, 0) is 5.41 Å². The second-order valence-corrected chi connectivity index (χ2v) is 13.7. The van der Waals surface area contributed by atoms with Crippen molar-refractivity contribution in [3.63, 3.8) is 0 Å². The van der Waals surface area contributed by atoms with Crippen molar-refractivity contribution in [3.05, 3.63) is 175 Å². The van der Waals surface area contributed by atoms with E-state index in [0.29, 0.717) is 0 Å². The summed E-state index contributed by atoms with van der Waals surface area (Å²) in [5, 5.41) is 7.26. The molecule has 8 aromatic carbocycles. The van der Waals surface area contributed by atoms with Gasteiger partial charge in [0, 0.05) is 27.3 Å². The first-order valence-corrected chi connectivity index (χ1v) is 17.0. The Labute approximate surface area is 285 Å². The molecule has 1 aromatic heterocycles. The van der Waals surface area contributed by atoms with Gasteiger partial charge in [-0.2, -0.15) is 0 Å². The smallest absolute Gasteiger partial charge is 0.159 e. The van der Waals surface area contributed by atoms with E-state index in [-0.39, 0.29) is 5.41 Å². The fourth-order valence-corrected chi connectivity index (χ4v) is 8.30. The van der Waals surface area contributed by atoms with Crippen LogP contribution in [0.4, 0.5) is 17.1 Å². The Morgan fingerprint density at radius 2 is 1.16 bits per heavy atom. The molecule has 9 aromatic rings. The highest BCUT2D eigenvalue weighted by molar-refractivity contribution is 6.13. The first-order chi connectivity index (χ1) is 24.1. The molecule has 0 unspecified atom stereocenters. The lowest BCUT2D eigenvalue weighted by Gasteiger charge is -2.27. The first kappa shape index (κ1) is 27.9. The van der Waals surface area contributed by atoms with E-state index in [1.165, 1.54) is 54.9 Å². The lowest BCUT2D eigenvalue weighted by molar-refractivity contribution is 0.661. The molecule has 0 saturated heterocycles. The van der Waals surface area contributed by atoms with E-state index in [1.54, 1.807) is 0 Å². The van der Waals surface area contributed by atoms with E-state index in [2.05, 4.69) is 176 Å². The highest BCUT2D eigenvalue weighted by Gasteiger charge is 2.36. The summed E-state index contributed by atoms with van der Waals surface area (Å²) >= 11 is 0. The zero-order valence-corrected chi connectivity index (χ0v) is 27.4. The number of benzene rings is 8. The summed E-state index contributed by atoms with van der Waals surface area (Å²) in [4.78, 5) is 2.35. The second kappa shape index (κ2) is 10.4. The third-order valence-electron chi connectivity index (χ3n) is 10.7. The molecule has 2 heteroatoms. The Morgan fingerprint density at radius 1 is 0.469 bits per heavy atom. The van der Waals surface area contributed by atoms with Crippen LogP contribution in [0.25, 0.3) is 65.7 Å². The van der Waals surface area contributed by atoms with Gasteiger partial charge in [0.25, 0.3) is 0 Å². The molecule has 2 nitrogen and oxygen atoms in total. The maximum absolute atomic E-state index is 6.59. The monoisotopic (exact) mass is 627 g/mol. The molecule has 0 N–H and O–H groups in total. The second-order valence-electron chi connectivity index (χ2n) is 13.7. The van der Waals surface area contributed by atoms with Crippen molar-refractivity contribution in [2.24, 2.45) is 0 Å². The van der Waals surface area contributed by atoms with Crippen molar-refractivity contribution in [1.29, 1.82) is 0 Å². The van der Waals surface area contributed by atoms with Gasteiger partial charge in [-0.3, -0.25) is 0 Å². The minimum absolute atomic E-state index is 0.101. The lowest BCUT2D eigenvalue weighted by Crippen LogP contribution is -2.15. The van der Waals surface area contributed by atoms with Gasteiger partial charge in [-0.05, 0) is 85.9 Å². The molecule has 1 heterocycles. The molecular weight excluding hydrogens is 595 g/mol. The summed E-state index contributed by atoms with van der Waals surface area (Å²) in [5.74, 6) is 0. The minimum Gasteiger partial charge on any atom is -0.454 e. The van der Waals surface area contributed by atoms with Gasteiger partial charge >= 0.3 is 0 Å². The average Bonchev–Trinajstić information content (AvgIpc) is 3.65. The van der Waals surface area contributed by atoms with Crippen LogP contribution >= 0.6 is 0 Å². The third kappa shape index (κ3) is 4.07. The predicted octanol–water partition coefficient (Wildman–Crippen LogP) is 13.3. The quantitative estimate of drug-likeness (QED) is 0.193. The highest BCUT2D eigenvalue weighted by atomic mass is 16.3. The van der Waals surface area contributed by atoms with Gasteiger partial charge < -0.3 is 9.32 Å². The van der Waals surface area contributed by atoms with Crippen LogP contribution in [0.2, 0.25) is 0 Å². The van der Waals surface area contributed by atoms with E-state index >= 15 is 0 Å². The summed E-state index contributed by atoms with van der Waals surface area (Å²) in [7, 11) is 0. The lowest BCUT2D eigenvalue weighted by atomic mass is 9.81. The molecule has 0 spiro atoms. The normalized spacial score (nSPS) is 13.3. The van der Waals surface area contributed by atoms with Crippen molar-refractivity contribution in [3.8, 4) is 22.3 Å². The van der Waals surface area contributed by atoms with Crippen LogP contribution in [0.15, 0.2) is 168 Å². The van der Waals surface area contributed by atoms with E-state index < -0.39 is 0 Å². The van der Waals surface area contributed by atoms with Crippen molar-refractivity contribution < 1.29 is 4.42 Å². The van der Waals surface area contributed by atoms with Gasteiger partial charge in [0.05, 0.1) is 11.4 Å². The van der Waals surface area contributed by atoms with Crippen LogP contribution in [0.1, 0.15) is 25.0 Å². The predicted molar refractivity (Wildman–Crippen MR) is 206 cm³/mol. The number of fused-ring (bicyclic) bond motifs is 9. The number of nitrogens with zero attached hydrogens (tertiary/aromatic N) is 1. The summed E-state index contributed by atoms with van der Waals surface area (Å²) < 4.78 is 6.59. The molecule has 0 aliphatic heterocycles. The van der Waals surface area contributed by atoms with E-state index in [1.807, 2.05) is 6.07 Å². The maximum Gasteiger partial charge on any atom is 0.159 e. The zero-order chi connectivity index (χ0) is 32.7. The van der Waals surface area contributed by atoms with Crippen molar-refractivity contribution in [1.82, 2.24) is 0 Å². The zero-order valence-electron chi connectivity index (χ0n) is 27.4. The van der Waals surface area contributed by atoms with Gasteiger partial charge in [-0.1, -0.05) is 141 Å². The molecule has 1 aliphatic carbocycles. The molecule has 1 aliphatic rings. The number of rotatable bonds is 4. The minimum atomic E-state index is -0.101. The van der Waals surface area contributed by atoms with E-state index in [0.717, 1.165) is 39.0 Å². The molecule has 0 saturated carbocycles. The van der Waals surface area contributed by atoms with Crippen molar-refractivity contribution >= 4 is 60.5 Å². The average molecular weight is 628 g/mol. The van der Waals surface area contributed by atoms with Gasteiger partial charge in [-0.15, -0.1) is 0 Å². The number of hydrogen-bond donors (Lipinski definition) is 0. The van der Waals surface area contributed by atoms with Crippen LogP contribution < -0.4 is 4.90 Å². The van der Waals surface area contributed by atoms with E-state index in [9.17, 15) is 0 Å². The van der Waals surface area contributed by atoms with Gasteiger partial charge in [-0.25, -0.2) is 0 Å². The fraction of sp³-hybridized carbons (Fsp3) is 0.0638. The van der Waals surface area contributed by atoms with Crippen LogP contribution in [-0.4, -0.2) is 0 Å². The van der Waals surface area contributed by atoms with Crippen molar-refractivity contribution in [2.45, 2.75) is 19.3 Å². The Balaban J connectivity index is 1.18. The maximum atomic E-state index is 6.59. The molecule has 0 bridgehead atoms. The summed E-state index contributed by atoms with van der Waals surface area (Å²) in [6.45, 7) is 4.74. The number of anilines is 3. The standard InChI is InChI=1S/C47H33NO/c1-47(2)40-27-24-30-13-6-7-16-34(30)45(40)39-25-23-31(29-41(39)47)33-26-28-42(36-18-9-8-17-35(33)36)48(32-14-4-3-5-15-32)43-21-12-20-38-37-19-10-11-22-44(37)49-46(38)43/h3-29H,1-2H3. The largest absolute Gasteiger partial charge is 0.454 e. The molecule has 0 amide bonds. The number of para-hydroxylation sites is 3. The van der Waals surface area contributed by atoms with Gasteiger partial charge in [0.2, 0.25) is 0 Å². The Morgan fingerprint density at radius 3 is 2.02 bits per heavy atom. The highest BCUT2D eigenvalue weighted by Crippen LogP contribution is 2.53. The fourth-order valence-electron chi connectivity index (χ4n) is 8.30. The Hall–Kier alpha value is -6.12. The molecule has 49 heavy (non-hydrogen) atoms. The molecule has 0 fully saturated rings. The Kier molecular flexibility index (Phi) is 5.95. The van der Waals surface area contributed by atoms with Crippen molar-refractivity contribution in [2.75, 3.05) is 4.90 Å². The number of furan rings is 1. The molecule has 10 rings (SSSR count). The SMILES string of the molecule is CC1(C)c2cc(-c3ccc(N(c4ccccc4)c4cccc5c4oc4ccccc45)c4ccccc34)ccc2-c2c1ccc1ccccc21. The van der Waals surface area contributed by atoms with Crippen LogP contribution in [0.5, 0.6) is 0 Å². The van der Waals surface area contributed by atoms with Gasteiger partial charge in [0.15, 0.2) is 5.58 Å². The topological polar surface area (TPSA) is 16.4 Å². The van der Waals surface area contributed by atoms with Crippen LogP contribution in [0.3, 0.4) is 0 Å². The third-order valence-corrected chi connectivity index (χ3v) is 10.7. The summed E-state index contributed by atoms with van der Waals surface area (Å²) in [6.07, 6.45) is 0. The van der Waals surface area contributed by atoms with Crippen LogP contribution in [0, 0.1) is 0 Å². The van der Waals surface area contributed by atoms with E-state index in [4.69, 9.17) is 4.42 Å². The molecule has 232 valence electrons. The summed E-state index contributed by atoms with van der Waals surface area (Å²) in [5.41, 5.74) is 12.9. The summed E-state index contributed by atoms with van der Waals surface area (Å²) in [6, 6.07) is 59.3. The van der Waals surface area contributed by atoms with Gasteiger partial charge in [0.1, 0.15) is 5.58 Å². The Bertz CT molecular complexity index is 2750. The number of hydrogen-bond acceptors (Lipinski definition) is 2. The first-order valence-electron chi connectivity index (χ1n) is 17.0. The molecule has 0 radical (unpaired) electrons. The molecular formula is C47H33NO. The molecule has 0 atom stereocenters.